The third-order valence-corrected chi connectivity index (χ3v) is 3.68. The number of thiophene rings is 1. The van der Waals surface area contributed by atoms with E-state index in [0.29, 0.717) is 12.0 Å². The van der Waals surface area contributed by atoms with Crippen LogP contribution in [0.15, 0.2) is 36.4 Å². The first-order valence-electron chi connectivity index (χ1n) is 5.11. The van der Waals surface area contributed by atoms with Crippen LogP contribution in [0.3, 0.4) is 0 Å². The van der Waals surface area contributed by atoms with Gasteiger partial charge in [0.15, 0.2) is 0 Å². The zero-order chi connectivity index (χ0) is 12.3. The highest BCUT2D eigenvalue weighted by Crippen LogP contribution is 2.26. The first kappa shape index (κ1) is 12.1. The molecule has 1 aromatic carbocycles. The maximum absolute atomic E-state index is 10.1. The van der Waals surface area contributed by atoms with E-state index < -0.39 is 6.10 Å². The van der Waals surface area contributed by atoms with Gasteiger partial charge in [-0.05, 0) is 29.8 Å². The van der Waals surface area contributed by atoms with E-state index in [2.05, 4.69) is 6.07 Å². The van der Waals surface area contributed by atoms with E-state index in [1.807, 2.05) is 18.2 Å². The second kappa shape index (κ2) is 5.33. The molecule has 86 valence electrons. The molecule has 1 atom stereocenters. The van der Waals surface area contributed by atoms with Crippen molar-refractivity contribution in [2.24, 2.45) is 0 Å². The number of nitrogens with zero attached hydrogens (tertiary/aromatic N) is 1. The minimum absolute atomic E-state index is 0.520. The Morgan fingerprint density at radius 2 is 2.18 bits per heavy atom. The van der Waals surface area contributed by atoms with Gasteiger partial charge in [-0.25, -0.2) is 0 Å². The predicted molar refractivity (Wildman–Crippen MR) is 69.1 cm³/mol. The van der Waals surface area contributed by atoms with Crippen LogP contribution < -0.4 is 0 Å². The quantitative estimate of drug-likeness (QED) is 0.920. The van der Waals surface area contributed by atoms with E-state index in [1.54, 1.807) is 18.2 Å². The average Bonchev–Trinajstić information content (AvgIpc) is 2.75. The van der Waals surface area contributed by atoms with Gasteiger partial charge < -0.3 is 5.11 Å². The van der Waals surface area contributed by atoms with Crippen molar-refractivity contribution >= 4 is 22.9 Å². The van der Waals surface area contributed by atoms with Crippen molar-refractivity contribution in [1.82, 2.24) is 0 Å². The van der Waals surface area contributed by atoms with Gasteiger partial charge in [0, 0.05) is 11.3 Å². The van der Waals surface area contributed by atoms with E-state index in [0.717, 1.165) is 14.8 Å². The van der Waals surface area contributed by atoms with E-state index in [-0.39, 0.29) is 0 Å². The molecule has 2 aromatic rings. The number of benzene rings is 1. The van der Waals surface area contributed by atoms with Crippen molar-refractivity contribution in [1.29, 1.82) is 5.26 Å². The minimum atomic E-state index is -0.599. The molecule has 2 nitrogen and oxygen atoms in total. The van der Waals surface area contributed by atoms with Crippen LogP contribution >= 0.6 is 22.9 Å². The molecule has 0 bridgehead atoms. The lowest BCUT2D eigenvalue weighted by Gasteiger charge is -2.09. The molecular weight excluding hydrogens is 254 g/mol. The molecule has 1 unspecified atom stereocenters. The molecule has 0 spiro atoms. The lowest BCUT2D eigenvalue weighted by Crippen LogP contribution is -2.00. The average molecular weight is 264 g/mol. The van der Waals surface area contributed by atoms with Gasteiger partial charge in [-0.1, -0.05) is 23.7 Å². The fourth-order valence-electron chi connectivity index (χ4n) is 1.59. The van der Waals surface area contributed by atoms with Gasteiger partial charge in [-0.3, -0.25) is 0 Å². The summed E-state index contributed by atoms with van der Waals surface area (Å²) >= 11 is 7.29. The highest BCUT2D eigenvalue weighted by molar-refractivity contribution is 7.16. The third-order valence-electron chi connectivity index (χ3n) is 2.42. The van der Waals surface area contributed by atoms with Crippen LogP contribution in [-0.4, -0.2) is 5.11 Å². The molecule has 2 rings (SSSR count). The molecule has 0 saturated heterocycles. The minimum Gasteiger partial charge on any atom is -0.388 e. The van der Waals surface area contributed by atoms with Gasteiger partial charge in [0.2, 0.25) is 0 Å². The summed E-state index contributed by atoms with van der Waals surface area (Å²) in [6.45, 7) is 0. The number of halogens is 1. The Balaban J connectivity index is 2.14. The number of nitriles is 1. The summed E-state index contributed by atoms with van der Waals surface area (Å²) in [5.74, 6) is 0. The van der Waals surface area contributed by atoms with E-state index in [1.165, 1.54) is 11.3 Å². The zero-order valence-electron chi connectivity index (χ0n) is 8.93. The molecule has 0 fully saturated rings. The fourth-order valence-corrected chi connectivity index (χ4v) is 2.71. The molecule has 1 aromatic heterocycles. The highest BCUT2D eigenvalue weighted by atomic mass is 35.5. The van der Waals surface area contributed by atoms with Crippen molar-refractivity contribution in [2.75, 3.05) is 0 Å². The van der Waals surface area contributed by atoms with Gasteiger partial charge in [0.1, 0.15) is 0 Å². The van der Waals surface area contributed by atoms with E-state index in [4.69, 9.17) is 16.9 Å². The summed E-state index contributed by atoms with van der Waals surface area (Å²) in [6.07, 6.45) is -0.0790. The molecule has 0 aliphatic rings. The molecule has 0 aliphatic heterocycles. The van der Waals surface area contributed by atoms with Crippen LogP contribution in [0, 0.1) is 11.3 Å². The summed E-state index contributed by atoms with van der Waals surface area (Å²) in [4.78, 5) is 1.03. The Bertz CT molecular complexity index is 559. The molecule has 1 heterocycles. The summed E-state index contributed by atoms with van der Waals surface area (Å²) in [5.41, 5.74) is 1.32. The lowest BCUT2D eigenvalue weighted by atomic mass is 10.0. The van der Waals surface area contributed by atoms with Crippen LogP contribution in [0.5, 0.6) is 0 Å². The number of rotatable bonds is 3. The van der Waals surface area contributed by atoms with Crippen LogP contribution in [-0.2, 0) is 6.42 Å². The Kier molecular flexibility index (Phi) is 3.80. The van der Waals surface area contributed by atoms with Gasteiger partial charge in [-0.2, -0.15) is 5.26 Å². The second-order valence-corrected chi connectivity index (χ2v) is 5.46. The molecule has 0 saturated carbocycles. The van der Waals surface area contributed by atoms with Gasteiger partial charge in [0.05, 0.1) is 22.1 Å². The van der Waals surface area contributed by atoms with Crippen LogP contribution in [0.25, 0.3) is 0 Å². The molecule has 0 aliphatic carbocycles. The number of hydrogen-bond donors (Lipinski definition) is 1. The number of aliphatic hydroxyl groups is 1. The molecule has 4 heteroatoms. The number of hydrogen-bond acceptors (Lipinski definition) is 3. The molecule has 1 N–H and O–H groups in total. The Morgan fingerprint density at radius 1 is 1.35 bits per heavy atom. The van der Waals surface area contributed by atoms with Gasteiger partial charge >= 0.3 is 0 Å². The van der Waals surface area contributed by atoms with E-state index >= 15 is 0 Å². The predicted octanol–water partition coefficient (Wildman–Crippen LogP) is 3.55. The maximum Gasteiger partial charge on any atom is 0.0991 e. The molecular formula is C13H10ClNOS. The first-order valence-corrected chi connectivity index (χ1v) is 6.31. The van der Waals surface area contributed by atoms with Crippen LogP contribution in [0.2, 0.25) is 4.34 Å². The van der Waals surface area contributed by atoms with Crippen LogP contribution in [0.4, 0.5) is 0 Å². The maximum atomic E-state index is 10.1. The van der Waals surface area contributed by atoms with Crippen molar-refractivity contribution in [3.8, 4) is 6.07 Å². The summed E-state index contributed by atoms with van der Waals surface area (Å²) in [5, 5.41) is 18.8. The number of aliphatic hydroxyl groups excluding tert-OH is 1. The second-order valence-electron chi connectivity index (χ2n) is 3.66. The molecule has 0 radical (unpaired) electrons. The monoisotopic (exact) mass is 263 g/mol. The Morgan fingerprint density at radius 3 is 2.82 bits per heavy atom. The smallest absolute Gasteiger partial charge is 0.0991 e. The Labute approximate surface area is 109 Å². The van der Waals surface area contributed by atoms with Crippen LogP contribution in [0.1, 0.15) is 22.1 Å². The third kappa shape index (κ3) is 3.07. The fraction of sp³-hybridized carbons (Fsp3) is 0.154. The van der Waals surface area contributed by atoms with Crippen molar-refractivity contribution in [2.45, 2.75) is 12.5 Å². The summed E-state index contributed by atoms with van der Waals surface area (Å²) in [7, 11) is 0. The Hall–Kier alpha value is -1.34. The molecule has 0 amide bonds. The summed E-state index contributed by atoms with van der Waals surface area (Å²) in [6, 6.07) is 12.8. The summed E-state index contributed by atoms with van der Waals surface area (Å²) < 4.78 is 0.720. The van der Waals surface area contributed by atoms with E-state index in [9.17, 15) is 5.11 Å². The lowest BCUT2D eigenvalue weighted by molar-refractivity contribution is 0.179. The highest BCUT2D eigenvalue weighted by Gasteiger charge is 2.10. The SMILES string of the molecule is N#Cc1cccc(C(O)Cc2ccc(Cl)s2)c1. The van der Waals surface area contributed by atoms with Gasteiger partial charge in [-0.15, -0.1) is 11.3 Å². The first-order chi connectivity index (χ1) is 8.19. The van der Waals surface area contributed by atoms with Gasteiger partial charge in [0.25, 0.3) is 0 Å². The standard InChI is InChI=1S/C13H10ClNOS/c14-13-5-4-11(17-13)7-12(16)10-3-1-2-9(6-10)8-15/h1-6,12,16H,7H2. The normalized spacial score (nSPS) is 12.1. The largest absolute Gasteiger partial charge is 0.388 e. The molecule has 17 heavy (non-hydrogen) atoms. The topological polar surface area (TPSA) is 44.0 Å². The van der Waals surface area contributed by atoms with Crippen molar-refractivity contribution in [3.05, 3.63) is 56.7 Å². The van der Waals surface area contributed by atoms with Crippen molar-refractivity contribution in [3.63, 3.8) is 0 Å². The van der Waals surface area contributed by atoms with Crippen molar-refractivity contribution < 1.29 is 5.11 Å². The zero-order valence-corrected chi connectivity index (χ0v) is 10.5.